The maximum atomic E-state index is 13.5. The molecule has 0 aromatic rings. The smallest absolute Gasteiger partial charge is 0.348 e. The van der Waals surface area contributed by atoms with Crippen molar-refractivity contribution in [1.29, 1.82) is 0 Å². The highest BCUT2D eigenvalue weighted by Crippen LogP contribution is 2.72. The maximum Gasteiger partial charge on any atom is 0.348 e. The van der Waals surface area contributed by atoms with E-state index in [0.29, 0.717) is 11.1 Å². The summed E-state index contributed by atoms with van der Waals surface area (Å²) in [5, 5.41) is 33.7. The van der Waals surface area contributed by atoms with Gasteiger partial charge in [-0.1, -0.05) is 26.3 Å². The Morgan fingerprint density at radius 3 is 2.46 bits per heavy atom. The average molecular weight is 549 g/mol. The summed E-state index contributed by atoms with van der Waals surface area (Å²) in [5.74, 6) is -6.26. The second kappa shape index (κ2) is 8.87. The summed E-state index contributed by atoms with van der Waals surface area (Å²) in [4.78, 5) is 52.8. The summed E-state index contributed by atoms with van der Waals surface area (Å²) in [6, 6.07) is 0. The van der Waals surface area contributed by atoms with E-state index in [1.165, 1.54) is 6.08 Å². The van der Waals surface area contributed by atoms with E-state index in [1.807, 2.05) is 13.8 Å². The van der Waals surface area contributed by atoms with Crippen LogP contribution in [0, 0.1) is 34.5 Å². The molecule has 2 saturated heterocycles. The molecule has 0 aromatic heterocycles. The van der Waals surface area contributed by atoms with Crippen molar-refractivity contribution >= 4 is 23.7 Å². The SMILES string of the molecule is COC(=O)[C@@]12OC[C@]34[C@H](C(O)C1O)[C@@]1(C)CC(=O)C(O)=C(C)[C@@H]1C[C@H]3OC(=O)C(OC(=O)/C=C(\C)C(C)C)[C@H]42. The number of allylic oxidation sites excluding steroid dienone is 3. The number of esters is 3. The lowest BCUT2D eigenvalue weighted by Gasteiger charge is -2.67. The highest BCUT2D eigenvalue weighted by Gasteiger charge is 2.85. The van der Waals surface area contributed by atoms with Crippen LogP contribution in [0.5, 0.6) is 0 Å². The molecule has 0 radical (unpaired) electrons. The average Bonchev–Trinajstić information content (AvgIpc) is 3.18. The second-order valence-electron chi connectivity index (χ2n) is 12.3. The van der Waals surface area contributed by atoms with Gasteiger partial charge < -0.3 is 34.3 Å². The minimum Gasteiger partial charge on any atom is -0.504 e. The number of ketones is 1. The minimum absolute atomic E-state index is 0.0302. The van der Waals surface area contributed by atoms with Gasteiger partial charge >= 0.3 is 17.9 Å². The molecular formula is C28H36O11. The van der Waals surface area contributed by atoms with E-state index in [4.69, 9.17) is 18.9 Å². The van der Waals surface area contributed by atoms with Gasteiger partial charge in [-0.05, 0) is 43.1 Å². The number of ether oxygens (including phenoxy) is 4. The number of methoxy groups -OCH3 is 1. The first-order valence-electron chi connectivity index (χ1n) is 13.3. The van der Waals surface area contributed by atoms with Crippen molar-refractivity contribution < 1.29 is 53.4 Å². The Morgan fingerprint density at radius 1 is 1.18 bits per heavy atom. The molecule has 10 atom stereocenters. The first-order chi connectivity index (χ1) is 18.2. The molecule has 3 unspecified atom stereocenters. The van der Waals surface area contributed by atoms with Crippen molar-refractivity contribution in [2.75, 3.05) is 13.7 Å². The van der Waals surface area contributed by atoms with Crippen molar-refractivity contribution in [1.82, 2.24) is 0 Å². The maximum absolute atomic E-state index is 13.5. The Morgan fingerprint density at radius 2 is 1.85 bits per heavy atom. The molecule has 2 saturated carbocycles. The summed E-state index contributed by atoms with van der Waals surface area (Å²) in [5.41, 5.74) is -3.43. The Hall–Kier alpha value is -2.76. The molecule has 4 fully saturated rings. The van der Waals surface area contributed by atoms with E-state index in [0.717, 1.165) is 7.11 Å². The van der Waals surface area contributed by atoms with Crippen LogP contribution < -0.4 is 0 Å². The van der Waals surface area contributed by atoms with Crippen molar-refractivity contribution in [2.24, 2.45) is 34.5 Å². The number of Topliss-reactive ketones (excluding diaryl/α,β-unsaturated/α-hetero) is 1. The molecule has 39 heavy (non-hydrogen) atoms. The normalized spacial score (nSPS) is 44.9. The summed E-state index contributed by atoms with van der Waals surface area (Å²) >= 11 is 0. The molecule has 11 nitrogen and oxygen atoms in total. The Labute approximate surface area is 226 Å². The van der Waals surface area contributed by atoms with Crippen LogP contribution in [-0.4, -0.2) is 82.7 Å². The summed E-state index contributed by atoms with van der Waals surface area (Å²) < 4.78 is 22.7. The molecule has 214 valence electrons. The monoisotopic (exact) mass is 548 g/mol. The third kappa shape index (κ3) is 3.39. The predicted molar refractivity (Wildman–Crippen MR) is 132 cm³/mol. The zero-order valence-corrected chi connectivity index (χ0v) is 22.9. The molecule has 3 aliphatic carbocycles. The number of carbonyl (C=O) groups is 4. The van der Waals surface area contributed by atoms with E-state index in [-0.39, 0.29) is 31.1 Å². The lowest BCUT2D eigenvalue weighted by Crippen LogP contribution is -2.79. The molecule has 5 rings (SSSR count). The van der Waals surface area contributed by atoms with Gasteiger partial charge in [0.05, 0.1) is 25.7 Å². The highest BCUT2D eigenvalue weighted by atomic mass is 16.6. The van der Waals surface area contributed by atoms with E-state index in [9.17, 15) is 34.5 Å². The molecule has 2 bridgehead atoms. The fraction of sp³-hybridized carbons (Fsp3) is 0.714. The van der Waals surface area contributed by atoms with Gasteiger partial charge in [0.1, 0.15) is 12.2 Å². The van der Waals surface area contributed by atoms with Crippen LogP contribution in [0.4, 0.5) is 0 Å². The quantitative estimate of drug-likeness (QED) is 0.262. The topological polar surface area (TPSA) is 166 Å². The highest BCUT2D eigenvalue weighted by molar-refractivity contribution is 5.95. The van der Waals surface area contributed by atoms with E-state index < -0.39 is 82.3 Å². The standard InChI is InChI=1S/C28H36O11/c1-11(2)12(3)7-17(30)39-20-22-27-10-37-28(22,25(35)36-6)23(33)19(32)21(27)26(5)9-15(29)18(31)13(4)14(26)8-16(27)38-24(20)34/h7,11,14,16,19-23,31-33H,8-10H2,1-6H3/b12-7+/t14-,16+,19?,20?,21+,22+,23?,26-,27+,28-/m0/s1. The molecule has 2 aliphatic heterocycles. The first kappa shape index (κ1) is 27.8. The zero-order chi connectivity index (χ0) is 28.8. The fourth-order valence-corrected chi connectivity index (χ4v) is 8.37. The van der Waals surface area contributed by atoms with Gasteiger partial charge in [-0.25, -0.2) is 14.4 Å². The minimum atomic E-state index is -2.22. The summed E-state index contributed by atoms with van der Waals surface area (Å²) in [7, 11) is 1.10. The molecule has 0 aromatic carbocycles. The van der Waals surface area contributed by atoms with Gasteiger partial charge in [0.2, 0.25) is 11.7 Å². The van der Waals surface area contributed by atoms with Crippen molar-refractivity contribution in [3.8, 4) is 0 Å². The summed E-state index contributed by atoms with van der Waals surface area (Å²) in [6.45, 7) is 8.72. The van der Waals surface area contributed by atoms with E-state index in [1.54, 1.807) is 20.8 Å². The van der Waals surface area contributed by atoms with Crippen LogP contribution in [0.1, 0.15) is 47.5 Å². The number of aliphatic hydroxyl groups is 3. The van der Waals surface area contributed by atoms with Crippen LogP contribution in [-0.2, 0) is 38.1 Å². The number of hydrogen-bond donors (Lipinski definition) is 3. The van der Waals surface area contributed by atoms with E-state index in [2.05, 4.69) is 0 Å². The first-order valence-corrected chi connectivity index (χ1v) is 13.3. The predicted octanol–water partition coefficient (Wildman–Crippen LogP) is 1.15. The number of carbonyl (C=O) groups excluding carboxylic acids is 4. The Bertz CT molecular complexity index is 1200. The van der Waals surface area contributed by atoms with Gasteiger partial charge in [0.25, 0.3) is 0 Å². The van der Waals surface area contributed by atoms with Crippen molar-refractivity contribution in [3.05, 3.63) is 23.0 Å². The molecule has 5 aliphatic rings. The molecule has 11 heteroatoms. The van der Waals surface area contributed by atoms with Gasteiger partial charge in [-0.15, -0.1) is 0 Å². The third-order valence-electron chi connectivity index (χ3n) is 10.3. The van der Waals surface area contributed by atoms with Crippen molar-refractivity contribution in [2.45, 2.75) is 77.5 Å². The molecule has 0 amide bonds. The number of hydrogen-bond acceptors (Lipinski definition) is 11. The number of fused-ring (bicyclic) bond motifs is 2. The largest absolute Gasteiger partial charge is 0.504 e. The summed E-state index contributed by atoms with van der Waals surface area (Å²) in [6.07, 6.45) is -4.75. The van der Waals surface area contributed by atoms with Gasteiger partial charge in [-0.2, -0.15) is 0 Å². The Balaban J connectivity index is 1.71. The zero-order valence-electron chi connectivity index (χ0n) is 22.9. The fourth-order valence-electron chi connectivity index (χ4n) is 8.37. The lowest BCUT2D eigenvalue weighted by molar-refractivity contribution is -0.290. The van der Waals surface area contributed by atoms with E-state index >= 15 is 0 Å². The van der Waals surface area contributed by atoms with Crippen LogP contribution >= 0.6 is 0 Å². The second-order valence-corrected chi connectivity index (χ2v) is 12.3. The Kier molecular flexibility index (Phi) is 6.32. The molecule has 3 N–H and O–H groups in total. The van der Waals surface area contributed by atoms with Crippen LogP contribution in [0.25, 0.3) is 0 Å². The van der Waals surface area contributed by atoms with Crippen LogP contribution in [0.15, 0.2) is 23.0 Å². The van der Waals surface area contributed by atoms with Gasteiger partial charge in [0.15, 0.2) is 11.5 Å². The van der Waals surface area contributed by atoms with Crippen LogP contribution in [0.2, 0.25) is 0 Å². The third-order valence-corrected chi connectivity index (χ3v) is 10.3. The van der Waals surface area contributed by atoms with Gasteiger partial charge in [-0.3, -0.25) is 4.79 Å². The molecule has 1 spiro atoms. The molecular weight excluding hydrogens is 512 g/mol. The lowest BCUT2D eigenvalue weighted by atomic mass is 9.38. The van der Waals surface area contributed by atoms with Crippen LogP contribution in [0.3, 0.4) is 0 Å². The van der Waals surface area contributed by atoms with Gasteiger partial charge in [0, 0.05) is 23.8 Å². The van der Waals surface area contributed by atoms with Crippen molar-refractivity contribution in [3.63, 3.8) is 0 Å². The molecule has 2 heterocycles. The number of rotatable bonds is 4. The number of aliphatic hydroxyl groups excluding tert-OH is 3.